The van der Waals surface area contributed by atoms with Gasteiger partial charge >= 0.3 is 10.4 Å². The predicted octanol–water partition coefficient (Wildman–Crippen LogP) is 0.0488. The summed E-state index contributed by atoms with van der Waals surface area (Å²) in [4.78, 5) is 0. The van der Waals surface area contributed by atoms with Crippen molar-refractivity contribution in [2.75, 3.05) is 25.4 Å². The van der Waals surface area contributed by atoms with E-state index in [1.54, 1.807) is 0 Å². The first-order valence-electron chi connectivity index (χ1n) is 5.60. The van der Waals surface area contributed by atoms with E-state index in [2.05, 4.69) is 18.3 Å². The summed E-state index contributed by atoms with van der Waals surface area (Å²) in [6.07, 6.45) is 0.910. The zero-order valence-electron chi connectivity index (χ0n) is 10.7. The number of aryl methyl sites for hydroxylation is 1. The summed E-state index contributed by atoms with van der Waals surface area (Å²) in [5.74, 6) is 0. The maximum absolute atomic E-state index is 8.74. The van der Waals surface area contributed by atoms with Crippen LogP contribution >= 0.6 is 0 Å². The lowest BCUT2D eigenvalue weighted by Gasteiger charge is -2.07. The minimum absolute atomic E-state index is 0.184. The molecule has 0 bridgehead atoms. The molecule has 0 aromatic heterocycles. The number of hydrogen-bond acceptors (Lipinski definition) is 5. The second-order valence-corrected chi connectivity index (χ2v) is 4.77. The first-order valence-corrected chi connectivity index (χ1v) is 7.00. The third-order valence-corrected chi connectivity index (χ3v) is 2.16. The zero-order chi connectivity index (χ0) is 14.9. The third kappa shape index (κ3) is 11.6. The third-order valence-electron chi connectivity index (χ3n) is 2.16. The van der Waals surface area contributed by atoms with Gasteiger partial charge < -0.3 is 16.2 Å². The number of rotatable bonds is 5. The summed E-state index contributed by atoms with van der Waals surface area (Å²) < 4.78 is 31.6. The molecule has 1 aromatic rings. The molecule has 110 valence electrons. The van der Waals surface area contributed by atoms with Gasteiger partial charge in [-0.05, 0) is 31.5 Å². The first kappa shape index (κ1) is 17.8. The topological polar surface area (TPSA) is 133 Å². The van der Waals surface area contributed by atoms with E-state index in [1.165, 1.54) is 11.1 Å². The van der Waals surface area contributed by atoms with Crippen LogP contribution in [-0.2, 0) is 16.8 Å². The average Bonchev–Trinajstić information content (AvgIpc) is 2.27. The van der Waals surface area contributed by atoms with E-state index in [0.717, 1.165) is 18.7 Å². The Kier molecular flexibility index (Phi) is 8.28. The molecule has 0 saturated carbocycles. The van der Waals surface area contributed by atoms with E-state index in [-0.39, 0.29) is 6.61 Å². The van der Waals surface area contributed by atoms with Crippen molar-refractivity contribution in [2.24, 2.45) is 0 Å². The van der Waals surface area contributed by atoms with Crippen molar-refractivity contribution in [3.8, 4) is 0 Å². The molecule has 0 unspecified atom stereocenters. The molecule has 0 aliphatic heterocycles. The van der Waals surface area contributed by atoms with Crippen LogP contribution in [0.15, 0.2) is 18.2 Å². The monoisotopic (exact) mass is 292 g/mol. The molecule has 0 spiro atoms. The number of anilines is 1. The van der Waals surface area contributed by atoms with Crippen LogP contribution in [0.5, 0.6) is 0 Å². The molecule has 0 amide bonds. The molecule has 1 aromatic carbocycles. The smallest absolute Gasteiger partial charge is 0.394 e. The summed E-state index contributed by atoms with van der Waals surface area (Å²) in [6.45, 7) is 3.74. The second-order valence-electron chi connectivity index (χ2n) is 3.87. The lowest BCUT2D eigenvalue weighted by molar-refractivity contribution is 0.293. The van der Waals surface area contributed by atoms with Gasteiger partial charge in [0.2, 0.25) is 0 Å². The van der Waals surface area contributed by atoms with Gasteiger partial charge in [-0.15, -0.1) is 0 Å². The van der Waals surface area contributed by atoms with E-state index in [4.69, 9.17) is 28.4 Å². The Morgan fingerprint density at radius 1 is 1.26 bits per heavy atom. The first-order chi connectivity index (χ1) is 8.74. The number of nitrogens with two attached hydrogens (primary N) is 1. The van der Waals surface area contributed by atoms with E-state index in [9.17, 15) is 0 Å². The predicted molar refractivity (Wildman–Crippen MR) is 73.4 cm³/mol. The van der Waals surface area contributed by atoms with Crippen molar-refractivity contribution < 1.29 is 22.6 Å². The Labute approximate surface area is 113 Å². The lowest BCUT2D eigenvalue weighted by atomic mass is 10.1. The molecule has 0 fully saturated rings. The van der Waals surface area contributed by atoms with Gasteiger partial charge in [0.1, 0.15) is 0 Å². The summed E-state index contributed by atoms with van der Waals surface area (Å²) in [5, 5.41) is 11.7. The van der Waals surface area contributed by atoms with Crippen molar-refractivity contribution in [1.82, 2.24) is 5.32 Å². The molecule has 0 saturated heterocycles. The minimum atomic E-state index is -4.67. The van der Waals surface area contributed by atoms with E-state index in [0.29, 0.717) is 6.54 Å². The van der Waals surface area contributed by atoms with Gasteiger partial charge in [0, 0.05) is 12.2 Å². The number of hydrogen-bond donors (Lipinski definition) is 5. The van der Waals surface area contributed by atoms with Gasteiger partial charge in [0.15, 0.2) is 0 Å². The van der Waals surface area contributed by atoms with Crippen LogP contribution in [0.2, 0.25) is 0 Å². The number of aliphatic hydroxyl groups excluding tert-OH is 1. The molecule has 19 heavy (non-hydrogen) atoms. The average molecular weight is 292 g/mol. The van der Waals surface area contributed by atoms with Gasteiger partial charge in [0.05, 0.1) is 6.61 Å². The Morgan fingerprint density at radius 2 is 1.84 bits per heavy atom. The van der Waals surface area contributed by atoms with Crippen LogP contribution in [0.1, 0.15) is 11.1 Å². The highest BCUT2D eigenvalue weighted by Crippen LogP contribution is 2.13. The number of nitrogen functional groups attached to an aromatic ring is 1. The Morgan fingerprint density at radius 3 is 2.37 bits per heavy atom. The highest BCUT2D eigenvalue weighted by Gasteiger charge is 1.98. The van der Waals surface area contributed by atoms with Gasteiger partial charge in [0.25, 0.3) is 0 Å². The van der Waals surface area contributed by atoms with E-state index < -0.39 is 10.4 Å². The summed E-state index contributed by atoms with van der Waals surface area (Å²) >= 11 is 0. The van der Waals surface area contributed by atoms with Crippen molar-refractivity contribution in [2.45, 2.75) is 13.3 Å². The standard InChI is InChI=1S/C11H18N2O.H2O4S/c1-9-2-3-11(12)10(8-9)4-5-13-6-7-14;1-5(2,3)4/h2-3,8,13-14H,4-7,12H2,1H3;(H2,1,2,3,4). The Balaban J connectivity index is 0.000000555. The van der Waals surface area contributed by atoms with Crippen LogP contribution in [-0.4, -0.2) is 42.3 Å². The van der Waals surface area contributed by atoms with Crippen molar-refractivity contribution in [3.63, 3.8) is 0 Å². The van der Waals surface area contributed by atoms with Crippen LogP contribution in [0.25, 0.3) is 0 Å². The van der Waals surface area contributed by atoms with Gasteiger partial charge in [-0.1, -0.05) is 17.7 Å². The quantitative estimate of drug-likeness (QED) is 0.294. The van der Waals surface area contributed by atoms with Crippen LogP contribution in [0, 0.1) is 6.92 Å². The summed E-state index contributed by atoms with van der Waals surface area (Å²) in [6, 6.07) is 6.06. The highest BCUT2D eigenvalue weighted by molar-refractivity contribution is 7.79. The molecule has 1 rings (SSSR count). The van der Waals surface area contributed by atoms with Crippen LogP contribution in [0.3, 0.4) is 0 Å². The SMILES string of the molecule is Cc1ccc(N)c(CCNCCO)c1.O=S(=O)(O)O. The van der Waals surface area contributed by atoms with Gasteiger partial charge in [-0.25, -0.2) is 0 Å². The van der Waals surface area contributed by atoms with Gasteiger partial charge in [-0.2, -0.15) is 8.42 Å². The molecular formula is C11H20N2O5S. The number of benzene rings is 1. The zero-order valence-corrected chi connectivity index (χ0v) is 11.5. The Bertz CT molecular complexity index is 468. The lowest BCUT2D eigenvalue weighted by Crippen LogP contribution is -2.21. The summed E-state index contributed by atoms with van der Waals surface area (Å²) in [7, 11) is -4.67. The largest absolute Gasteiger partial charge is 0.399 e. The fourth-order valence-corrected chi connectivity index (χ4v) is 1.38. The number of aliphatic hydroxyl groups is 1. The maximum Gasteiger partial charge on any atom is 0.394 e. The fourth-order valence-electron chi connectivity index (χ4n) is 1.38. The molecule has 7 nitrogen and oxygen atoms in total. The highest BCUT2D eigenvalue weighted by atomic mass is 32.3. The van der Waals surface area contributed by atoms with Crippen LogP contribution in [0.4, 0.5) is 5.69 Å². The molecular weight excluding hydrogens is 272 g/mol. The fraction of sp³-hybridized carbons (Fsp3) is 0.455. The van der Waals surface area contributed by atoms with E-state index >= 15 is 0 Å². The normalized spacial score (nSPS) is 10.7. The molecule has 0 heterocycles. The summed E-state index contributed by atoms with van der Waals surface area (Å²) in [5.41, 5.74) is 9.08. The minimum Gasteiger partial charge on any atom is -0.399 e. The van der Waals surface area contributed by atoms with E-state index in [1.807, 2.05) is 12.1 Å². The number of nitrogens with one attached hydrogen (secondary N) is 1. The molecule has 6 N–H and O–H groups in total. The van der Waals surface area contributed by atoms with Crippen molar-refractivity contribution in [1.29, 1.82) is 0 Å². The second kappa shape index (κ2) is 8.83. The Hall–Kier alpha value is -1.19. The van der Waals surface area contributed by atoms with Crippen molar-refractivity contribution >= 4 is 16.1 Å². The molecule has 0 atom stereocenters. The molecule has 8 heteroatoms. The van der Waals surface area contributed by atoms with Crippen molar-refractivity contribution in [3.05, 3.63) is 29.3 Å². The molecule has 0 radical (unpaired) electrons. The van der Waals surface area contributed by atoms with Gasteiger partial charge in [-0.3, -0.25) is 9.11 Å². The van der Waals surface area contributed by atoms with Crippen LogP contribution < -0.4 is 11.1 Å². The maximum atomic E-state index is 8.74. The molecule has 0 aliphatic carbocycles. The molecule has 0 aliphatic rings.